The van der Waals surface area contributed by atoms with Crippen LogP contribution in [0.25, 0.3) is 0 Å². The lowest BCUT2D eigenvalue weighted by atomic mass is 10.1. The van der Waals surface area contributed by atoms with E-state index in [0.717, 1.165) is 12.8 Å². The number of methoxy groups -OCH3 is 1. The number of hydrogen-bond acceptors (Lipinski definition) is 3. The summed E-state index contributed by atoms with van der Waals surface area (Å²) in [5, 5.41) is 2.74. The number of carbonyl (C=O) groups is 2. The Hall–Kier alpha value is -1.84. The van der Waals surface area contributed by atoms with Gasteiger partial charge >= 0.3 is 5.97 Å². The second-order valence-corrected chi connectivity index (χ2v) is 4.59. The maximum absolute atomic E-state index is 12.0. The SMILES string of the molecule is COC(=O)[C@@H](CC1CC1)NC(=O)c1ccccc1. The summed E-state index contributed by atoms with van der Waals surface area (Å²) in [6, 6.07) is 8.35. The molecule has 2 rings (SSSR count). The summed E-state index contributed by atoms with van der Waals surface area (Å²) in [5.41, 5.74) is 0.558. The van der Waals surface area contributed by atoms with E-state index in [0.29, 0.717) is 17.9 Å². The zero-order valence-corrected chi connectivity index (χ0v) is 10.4. The predicted molar refractivity (Wildman–Crippen MR) is 67.1 cm³/mol. The molecule has 4 nitrogen and oxygen atoms in total. The first-order valence-corrected chi connectivity index (χ1v) is 6.14. The van der Waals surface area contributed by atoms with Crippen molar-refractivity contribution in [1.82, 2.24) is 5.32 Å². The summed E-state index contributed by atoms with van der Waals surface area (Å²) in [4.78, 5) is 23.6. The minimum Gasteiger partial charge on any atom is -0.467 e. The standard InChI is InChI=1S/C14H17NO3/c1-18-14(17)12(9-10-7-8-10)15-13(16)11-5-3-2-4-6-11/h2-6,10,12H,7-9H2,1H3,(H,15,16)/t12-/m1/s1. The van der Waals surface area contributed by atoms with Gasteiger partial charge < -0.3 is 10.1 Å². The molecule has 18 heavy (non-hydrogen) atoms. The van der Waals surface area contributed by atoms with Gasteiger partial charge in [-0.05, 0) is 24.5 Å². The molecule has 1 atom stereocenters. The minimum absolute atomic E-state index is 0.230. The molecule has 4 heteroatoms. The second kappa shape index (κ2) is 5.67. The number of rotatable bonds is 5. The van der Waals surface area contributed by atoms with Crippen molar-refractivity contribution >= 4 is 11.9 Å². The van der Waals surface area contributed by atoms with E-state index >= 15 is 0 Å². The van der Waals surface area contributed by atoms with Crippen molar-refractivity contribution < 1.29 is 14.3 Å². The number of benzene rings is 1. The average molecular weight is 247 g/mol. The lowest BCUT2D eigenvalue weighted by Crippen LogP contribution is -2.41. The normalized spacial score (nSPS) is 15.8. The molecule has 0 aromatic heterocycles. The van der Waals surface area contributed by atoms with Crippen molar-refractivity contribution in [3.8, 4) is 0 Å². The number of esters is 1. The molecule has 1 N–H and O–H groups in total. The molecule has 1 aromatic carbocycles. The van der Waals surface area contributed by atoms with Crippen molar-refractivity contribution in [2.45, 2.75) is 25.3 Å². The molecule has 0 aliphatic heterocycles. The molecule has 1 amide bonds. The summed E-state index contributed by atoms with van der Waals surface area (Å²) in [7, 11) is 1.34. The van der Waals surface area contributed by atoms with Crippen molar-refractivity contribution in [2.24, 2.45) is 5.92 Å². The molecule has 0 bridgehead atoms. The molecule has 1 fully saturated rings. The van der Waals surface area contributed by atoms with Crippen LogP contribution >= 0.6 is 0 Å². The Balaban J connectivity index is 1.99. The molecule has 0 unspecified atom stereocenters. The molecule has 0 saturated heterocycles. The first-order chi connectivity index (χ1) is 8.70. The zero-order chi connectivity index (χ0) is 13.0. The third kappa shape index (κ3) is 3.32. The van der Waals surface area contributed by atoms with Crippen LogP contribution in [0, 0.1) is 5.92 Å². The van der Waals surface area contributed by atoms with Gasteiger partial charge in [-0.1, -0.05) is 31.0 Å². The van der Waals surface area contributed by atoms with Crippen LogP contribution in [-0.2, 0) is 9.53 Å². The van der Waals surface area contributed by atoms with E-state index in [1.807, 2.05) is 6.07 Å². The summed E-state index contributed by atoms with van der Waals surface area (Å²) in [5.74, 6) is -0.0528. The highest BCUT2D eigenvalue weighted by Gasteiger charge is 2.31. The molecule has 1 aromatic rings. The van der Waals surface area contributed by atoms with Crippen LogP contribution in [0.3, 0.4) is 0 Å². The van der Waals surface area contributed by atoms with Gasteiger partial charge in [0.1, 0.15) is 6.04 Å². The summed E-state index contributed by atoms with van der Waals surface area (Å²) in [6.45, 7) is 0. The van der Waals surface area contributed by atoms with Gasteiger partial charge in [0.15, 0.2) is 0 Å². The Kier molecular flexibility index (Phi) is 3.97. The Morgan fingerprint density at radius 1 is 1.33 bits per heavy atom. The zero-order valence-electron chi connectivity index (χ0n) is 10.4. The van der Waals surface area contributed by atoms with Gasteiger partial charge in [-0.2, -0.15) is 0 Å². The van der Waals surface area contributed by atoms with Gasteiger partial charge in [0, 0.05) is 5.56 Å². The molecule has 0 spiro atoms. The molecular formula is C14H17NO3. The number of amides is 1. The van der Waals surface area contributed by atoms with Gasteiger partial charge in [-0.15, -0.1) is 0 Å². The summed E-state index contributed by atoms with van der Waals surface area (Å²) >= 11 is 0. The highest BCUT2D eigenvalue weighted by Crippen LogP contribution is 2.33. The van der Waals surface area contributed by atoms with Crippen molar-refractivity contribution in [3.63, 3.8) is 0 Å². The summed E-state index contributed by atoms with van der Waals surface area (Å²) < 4.78 is 4.72. The largest absolute Gasteiger partial charge is 0.467 e. The van der Waals surface area contributed by atoms with Gasteiger partial charge in [0.25, 0.3) is 5.91 Å². The van der Waals surface area contributed by atoms with Gasteiger partial charge in [-0.3, -0.25) is 4.79 Å². The average Bonchev–Trinajstić information content (AvgIpc) is 3.22. The topological polar surface area (TPSA) is 55.4 Å². The lowest BCUT2D eigenvalue weighted by molar-refractivity contribution is -0.143. The first kappa shape index (κ1) is 12.6. The molecule has 1 saturated carbocycles. The number of hydrogen-bond donors (Lipinski definition) is 1. The van der Waals surface area contributed by atoms with E-state index in [1.165, 1.54) is 7.11 Å². The van der Waals surface area contributed by atoms with Gasteiger partial charge in [-0.25, -0.2) is 4.79 Å². The van der Waals surface area contributed by atoms with E-state index in [-0.39, 0.29) is 11.9 Å². The fourth-order valence-corrected chi connectivity index (χ4v) is 1.87. The summed E-state index contributed by atoms with van der Waals surface area (Å²) in [6.07, 6.45) is 2.94. The van der Waals surface area contributed by atoms with Crippen molar-refractivity contribution in [3.05, 3.63) is 35.9 Å². The second-order valence-electron chi connectivity index (χ2n) is 4.59. The van der Waals surface area contributed by atoms with E-state index in [2.05, 4.69) is 5.32 Å². The van der Waals surface area contributed by atoms with Crippen molar-refractivity contribution in [2.75, 3.05) is 7.11 Å². The number of ether oxygens (including phenoxy) is 1. The first-order valence-electron chi connectivity index (χ1n) is 6.14. The van der Waals surface area contributed by atoms with Crippen LogP contribution < -0.4 is 5.32 Å². The van der Waals surface area contributed by atoms with E-state index in [4.69, 9.17) is 4.74 Å². The number of nitrogens with one attached hydrogen (secondary N) is 1. The van der Waals surface area contributed by atoms with E-state index < -0.39 is 6.04 Å². The minimum atomic E-state index is -0.532. The monoisotopic (exact) mass is 247 g/mol. The smallest absolute Gasteiger partial charge is 0.328 e. The Morgan fingerprint density at radius 2 is 2.00 bits per heavy atom. The van der Waals surface area contributed by atoms with Crippen LogP contribution in [0.15, 0.2) is 30.3 Å². The van der Waals surface area contributed by atoms with Crippen molar-refractivity contribution in [1.29, 1.82) is 0 Å². The Bertz CT molecular complexity index is 426. The Labute approximate surface area is 106 Å². The molecular weight excluding hydrogens is 230 g/mol. The number of carbonyl (C=O) groups excluding carboxylic acids is 2. The fraction of sp³-hybridized carbons (Fsp3) is 0.429. The highest BCUT2D eigenvalue weighted by molar-refractivity contribution is 5.96. The van der Waals surface area contributed by atoms with Crippen LogP contribution in [0.5, 0.6) is 0 Å². The molecule has 1 aliphatic carbocycles. The maximum Gasteiger partial charge on any atom is 0.328 e. The van der Waals surface area contributed by atoms with Gasteiger partial charge in [0.2, 0.25) is 0 Å². The van der Waals surface area contributed by atoms with E-state index in [1.54, 1.807) is 24.3 Å². The highest BCUT2D eigenvalue weighted by atomic mass is 16.5. The maximum atomic E-state index is 12.0. The molecule has 0 radical (unpaired) electrons. The molecule has 1 aliphatic rings. The van der Waals surface area contributed by atoms with Crippen LogP contribution in [0.4, 0.5) is 0 Å². The third-order valence-corrected chi connectivity index (χ3v) is 3.09. The van der Waals surface area contributed by atoms with Crippen LogP contribution in [-0.4, -0.2) is 25.0 Å². The van der Waals surface area contributed by atoms with E-state index in [9.17, 15) is 9.59 Å². The van der Waals surface area contributed by atoms with Gasteiger partial charge in [0.05, 0.1) is 7.11 Å². The predicted octanol–water partition coefficient (Wildman–Crippen LogP) is 1.76. The Morgan fingerprint density at radius 3 is 2.56 bits per heavy atom. The molecule has 96 valence electrons. The fourth-order valence-electron chi connectivity index (χ4n) is 1.87. The lowest BCUT2D eigenvalue weighted by Gasteiger charge is -2.16. The quantitative estimate of drug-likeness (QED) is 0.807. The third-order valence-electron chi connectivity index (χ3n) is 3.09. The van der Waals surface area contributed by atoms with Crippen LogP contribution in [0.1, 0.15) is 29.6 Å². The van der Waals surface area contributed by atoms with Crippen LogP contribution in [0.2, 0.25) is 0 Å². The molecule has 0 heterocycles.